The number of rotatable bonds is 5. The number of nitrogens with two attached hydrogens (primary N) is 1. The van der Waals surface area contributed by atoms with Crippen LogP contribution in [-0.2, 0) is 4.79 Å². The van der Waals surface area contributed by atoms with Crippen molar-refractivity contribution in [3.05, 3.63) is 30.3 Å². The van der Waals surface area contributed by atoms with E-state index in [1.807, 2.05) is 30.3 Å². The second kappa shape index (κ2) is 7.08. The Balaban J connectivity index is 2.11. The van der Waals surface area contributed by atoms with Crippen LogP contribution in [0.25, 0.3) is 0 Å². The fourth-order valence-electron chi connectivity index (χ4n) is 2.52. The summed E-state index contributed by atoms with van der Waals surface area (Å²) in [5.41, 5.74) is 6.37. The van der Waals surface area contributed by atoms with Gasteiger partial charge in [-0.15, -0.1) is 0 Å². The predicted molar refractivity (Wildman–Crippen MR) is 80.2 cm³/mol. The maximum Gasteiger partial charge on any atom is 0.324 e. The lowest BCUT2D eigenvalue weighted by atomic mass is 10.1. The summed E-state index contributed by atoms with van der Waals surface area (Å²) in [5, 5.41) is 8.87. The highest BCUT2D eigenvalue weighted by Gasteiger charge is 2.29. The largest absolute Gasteiger partial charge is 0.481 e. The number of aliphatic carboxylic acids is 1. The average Bonchev–Trinajstić information content (AvgIpc) is 2.97. The number of anilines is 1. The number of benzene rings is 1. The Morgan fingerprint density at radius 2 is 2.05 bits per heavy atom. The topological polar surface area (TPSA) is 86.9 Å². The van der Waals surface area contributed by atoms with Gasteiger partial charge in [0.2, 0.25) is 0 Å². The zero-order chi connectivity index (χ0) is 15.2. The monoisotopic (exact) mass is 291 g/mol. The molecule has 3 N–H and O–H groups in total. The Hall–Kier alpha value is -2.08. The SMILES string of the molecule is NCC1CCN(C(=O)N(CCC(=O)O)c2ccccc2)C1. The van der Waals surface area contributed by atoms with Gasteiger partial charge in [-0.1, -0.05) is 18.2 Å². The summed E-state index contributed by atoms with van der Waals surface area (Å²) in [7, 11) is 0. The van der Waals surface area contributed by atoms with Crippen LogP contribution in [0, 0.1) is 5.92 Å². The molecule has 1 saturated heterocycles. The van der Waals surface area contributed by atoms with E-state index in [1.54, 1.807) is 4.90 Å². The summed E-state index contributed by atoms with van der Waals surface area (Å²) in [6.45, 7) is 2.06. The molecule has 1 aliphatic rings. The number of nitrogens with zero attached hydrogens (tertiary/aromatic N) is 2. The maximum absolute atomic E-state index is 12.6. The van der Waals surface area contributed by atoms with Gasteiger partial charge in [-0.25, -0.2) is 4.79 Å². The zero-order valence-electron chi connectivity index (χ0n) is 11.9. The van der Waals surface area contributed by atoms with Crippen molar-refractivity contribution < 1.29 is 14.7 Å². The fraction of sp³-hybridized carbons (Fsp3) is 0.467. The molecule has 0 spiro atoms. The van der Waals surface area contributed by atoms with E-state index in [0.717, 1.165) is 12.1 Å². The standard InChI is InChI=1S/C15H21N3O3/c16-10-12-6-8-17(11-12)15(21)18(9-7-14(19)20)13-4-2-1-3-5-13/h1-5,12H,6-11,16H2,(H,19,20). The lowest BCUT2D eigenvalue weighted by molar-refractivity contribution is -0.136. The minimum absolute atomic E-state index is 0.0746. The third-order valence-corrected chi connectivity index (χ3v) is 3.74. The molecule has 0 bridgehead atoms. The Morgan fingerprint density at radius 1 is 1.33 bits per heavy atom. The fourth-order valence-corrected chi connectivity index (χ4v) is 2.52. The molecule has 1 fully saturated rings. The zero-order valence-corrected chi connectivity index (χ0v) is 11.9. The van der Waals surface area contributed by atoms with Crippen LogP contribution < -0.4 is 10.6 Å². The molecule has 1 heterocycles. The summed E-state index contributed by atoms with van der Waals surface area (Å²) in [5.74, 6) is -0.573. The van der Waals surface area contributed by atoms with Gasteiger partial charge in [0.15, 0.2) is 0 Å². The van der Waals surface area contributed by atoms with Crippen molar-refractivity contribution >= 4 is 17.7 Å². The summed E-state index contributed by atoms with van der Waals surface area (Å²) >= 11 is 0. The second-order valence-corrected chi connectivity index (χ2v) is 5.25. The molecule has 0 aliphatic carbocycles. The molecule has 1 aromatic carbocycles. The lowest BCUT2D eigenvalue weighted by Gasteiger charge is -2.28. The highest BCUT2D eigenvalue weighted by molar-refractivity contribution is 5.92. The first-order chi connectivity index (χ1) is 10.1. The number of amides is 2. The first kappa shape index (κ1) is 15.3. The summed E-state index contributed by atoms with van der Waals surface area (Å²) in [6.07, 6.45) is 0.832. The van der Waals surface area contributed by atoms with Gasteiger partial charge in [0, 0.05) is 25.3 Å². The molecular formula is C15H21N3O3. The smallest absolute Gasteiger partial charge is 0.324 e. The number of para-hydroxylation sites is 1. The minimum Gasteiger partial charge on any atom is -0.481 e. The minimum atomic E-state index is -0.912. The molecule has 114 valence electrons. The van der Waals surface area contributed by atoms with Gasteiger partial charge < -0.3 is 15.7 Å². The molecule has 21 heavy (non-hydrogen) atoms. The van der Waals surface area contributed by atoms with Gasteiger partial charge in [-0.2, -0.15) is 0 Å². The molecule has 1 atom stereocenters. The van der Waals surface area contributed by atoms with Crippen molar-refractivity contribution in [2.45, 2.75) is 12.8 Å². The molecule has 0 radical (unpaired) electrons. The first-order valence-electron chi connectivity index (χ1n) is 7.15. The van der Waals surface area contributed by atoms with E-state index in [2.05, 4.69) is 0 Å². The third kappa shape index (κ3) is 3.95. The van der Waals surface area contributed by atoms with E-state index < -0.39 is 5.97 Å². The molecular weight excluding hydrogens is 270 g/mol. The molecule has 6 nitrogen and oxygen atoms in total. The Morgan fingerprint density at radius 3 is 2.62 bits per heavy atom. The van der Waals surface area contributed by atoms with Gasteiger partial charge in [-0.05, 0) is 31.0 Å². The molecule has 6 heteroatoms. The van der Waals surface area contributed by atoms with Crippen molar-refractivity contribution in [3.63, 3.8) is 0 Å². The van der Waals surface area contributed by atoms with E-state index in [0.29, 0.717) is 25.6 Å². The van der Waals surface area contributed by atoms with Crippen LogP contribution in [0.3, 0.4) is 0 Å². The van der Waals surface area contributed by atoms with Crippen molar-refractivity contribution in [2.75, 3.05) is 31.1 Å². The molecule has 1 aromatic rings. The van der Waals surface area contributed by atoms with Crippen molar-refractivity contribution in [3.8, 4) is 0 Å². The maximum atomic E-state index is 12.6. The lowest BCUT2D eigenvalue weighted by Crippen LogP contribution is -2.43. The first-order valence-corrected chi connectivity index (χ1v) is 7.15. The van der Waals surface area contributed by atoms with Crippen LogP contribution in [0.4, 0.5) is 10.5 Å². The van der Waals surface area contributed by atoms with Crippen molar-refractivity contribution in [2.24, 2.45) is 11.7 Å². The van der Waals surface area contributed by atoms with Crippen LogP contribution in [-0.4, -0.2) is 48.2 Å². The predicted octanol–water partition coefficient (Wildman–Crippen LogP) is 1.37. The third-order valence-electron chi connectivity index (χ3n) is 3.74. The van der Waals surface area contributed by atoms with Crippen LogP contribution in [0.1, 0.15) is 12.8 Å². The van der Waals surface area contributed by atoms with Crippen molar-refractivity contribution in [1.82, 2.24) is 4.90 Å². The second-order valence-electron chi connectivity index (χ2n) is 5.25. The molecule has 1 aliphatic heterocycles. The molecule has 0 saturated carbocycles. The quantitative estimate of drug-likeness (QED) is 0.857. The Labute approximate surface area is 124 Å². The number of carboxylic acids is 1. The molecule has 2 amide bonds. The number of carboxylic acid groups (broad SMARTS) is 1. The van der Waals surface area contributed by atoms with Gasteiger partial charge in [-0.3, -0.25) is 9.69 Å². The Kier molecular flexibility index (Phi) is 5.16. The molecule has 2 rings (SSSR count). The van der Waals surface area contributed by atoms with E-state index in [9.17, 15) is 9.59 Å². The van der Waals surface area contributed by atoms with Crippen molar-refractivity contribution in [1.29, 1.82) is 0 Å². The number of urea groups is 1. The average molecular weight is 291 g/mol. The van der Waals surface area contributed by atoms with Gasteiger partial charge in [0.1, 0.15) is 0 Å². The summed E-state index contributed by atoms with van der Waals surface area (Å²) in [6, 6.07) is 9.03. The normalized spacial score (nSPS) is 17.8. The van der Waals surface area contributed by atoms with Crippen LogP contribution in [0.15, 0.2) is 30.3 Å². The number of carbonyl (C=O) groups is 2. The van der Waals surface area contributed by atoms with Gasteiger partial charge in [0.05, 0.1) is 6.42 Å². The van der Waals surface area contributed by atoms with Crippen LogP contribution >= 0.6 is 0 Å². The number of hydrogen-bond acceptors (Lipinski definition) is 3. The van der Waals surface area contributed by atoms with Gasteiger partial charge in [0.25, 0.3) is 0 Å². The highest BCUT2D eigenvalue weighted by Crippen LogP contribution is 2.21. The number of likely N-dealkylation sites (tertiary alicyclic amines) is 1. The van der Waals surface area contributed by atoms with E-state index in [-0.39, 0.29) is 19.0 Å². The van der Waals surface area contributed by atoms with E-state index in [1.165, 1.54) is 4.90 Å². The molecule has 1 unspecified atom stereocenters. The number of hydrogen-bond donors (Lipinski definition) is 2. The van der Waals surface area contributed by atoms with E-state index >= 15 is 0 Å². The summed E-state index contributed by atoms with van der Waals surface area (Å²) < 4.78 is 0. The molecule has 0 aromatic heterocycles. The highest BCUT2D eigenvalue weighted by atomic mass is 16.4. The Bertz CT molecular complexity index is 492. The number of carbonyl (C=O) groups excluding carboxylic acids is 1. The summed E-state index contributed by atoms with van der Waals surface area (Å²) in [4.78, 5) is 26.7. The van der Waals surface area contributed by atoms with Crippen LogP contribution in [0.2, 0.25) is 0 Å². The van der Waals surface area contributed by atoms with E-state index in [4.69, 9.17) is 10.8 Å². The van der Waals surface area contributed by atoms with Crippen LogP contribution in [0.5, 0.6) is 0 Å². The van der Waals surface area contributed by atoms with Gasteiger partial charge >= 0.3 is 12.0 Å².